The van der Waals surface area contributed by atoms with Crippen molar-refractivity contribution in [3.8, 4) is 0 Å². The van der Waals surface area contributed by atoms with Gasteiger partial charge in [0.2, 0.25) is 0 Å². The van der Waals surface area contributed by atoms with Gasteiger partial charge in [-0.15, -0.1) is 5.10 Å². The van der Waals surface area contributed by atoms with E-state index in [2.05, 4.69) is 55.2 Å². The molecule has 0 saturated heterocycles. The second-order valence-electron chi connectivity index (χ2n) is 4.89. The molecule has 0 bridgehead atoms. The minimum absolute atomic E-state index is 0.109. The van der Waals surface area contributed by atoms with Gasteiger partial charge in [0.1, 0.15) is 0 Å². The third kappa shape index (κ3) is 3.66. The number of hydrogen-bond acceptors (Lipinski definition) is 4. The number of nitrogens with one attached hydrogen (secondary N) is 1. The average molecular weight is 236 g/mol. The van der Waals surface area contributed by atoms with Gasteiger partial charge in [-0.25, -0.2) is 0 Å². The molecular weight excluding hydrogens is 212 g/mol. The molecule has 1 aromatic rings. The molecule has 96 valence electrons. The number of rotatable bonds is 6. The highest BCUT2D eigenvalue weighted by molar-refractivity contribution is 5.39. The van der Waals surface area contributed by atoms with Crippen LogP contribution in [0.4, 0.5) is 5.82 Å². The molecule has 1 heterocycles. The van der Waals surface area contributed by atoms with Crippen LogP contribution in [0.2, 0.25) is 0 Å². The summed E-state index contributed by atoms with van der Waals surface area (Å²) in [5, 5.41) is 11.8. The largest absolute Gasteiger partial charge is 0.353 e. The number of anilines is 1. The topological polar surface area (TPSA) is 41.0 Å². The van der Waals surface area contributed by atoms with Crippen molar-refractivity contribution in [1.29, 1.82) is 0 Å². The van der Waals surface area contributed by atoms with Gasteiger partial charge in [0.25, 0.3) is 0 Å². The molecule has 0 saturated carbocycles. The van der Waals surface area contributed by atoms with Gasteiger partial charge in [0.15, 0.2) is 5.82 Å². The van der Waals surface area contributed by atoms with E-state index in [1.807, 2.05) is 12.1 Å². The van der Waals surface area contributed by atoms with E-state index in [4.69, 9.17) is 0 Å². The smallest absolute Gasteiger partial charge is 0.151 e. The first-order valence-electron chi connectivity index (χ1n) is 6.28. The maximum Gasteiger partial charge on any atom is 0.151 e. The summed E-state index contributed by atoms with van der Waals surface area (Å²) in [6, 6.07) is 4.07. The molecule has 0 radical (unpaired) electrons. The van der Waals surface area contributed by atoms with Gasteiger partial charge in [0, 0.05) is 19.1 Å². The number of hydrogen-bond donors (Lipinski definition) is 1. The summed E-state index contributed by atoms with van der Waals surface area (Å²) in [5.74, 6) is 0.928. The van der Waals surface area contributed by atoms with Crippen molar-refractivity contribution >= 4 is 5.82 Å². The van der Waals surface area contributed by atoms with E-state index < -0.39 is 0 Å². The molecule has 0 unspecified atom stereocenters. The molecule has 0 aliphatic carbocycles. The van der Waals surface area contributed by atoms with Gasteiger partial charge in [0.05, 0.1) is 5.69 Å². The maximum absolute atomic E-state index is 4.28. The lowest BCUT2D eigenvalue weighted by Gasteiger charge is -2.35. The van der Waals surface area contributed by atoms with Crippen molar-refractivity contribution in [2.45, 2.75) is 46.2 Å². The van der Waals surface area contributed by atoms with Crippen LogP contribution in [0.1, 0.15) is 39.8 Å². The first kappa shape index (κ1) is 13.9. The molecule has 0 amide bonds. The SMILES string of the molecule is CCNCc1ccc(N(C)C(C)(C)CC)nn1. The molecule has 0 aromatic carbocycles. The molecule has 1 N–H and O–H groups in total. The van der Waals surface area contributed by atoms with Gasteiger partial charge in [-0.05, 0) is 38.9 Å². The second kappa shape index (κ2) is 5.96. The Bertz CT molecular complexity index is 332. The van der Waals surface area contributed by atoms with Gasteiger partial charge in [-0.1, -0.05) is 13.8 Å². The third-order valence-corrected chi connectivity index (χ3v) is 3.38. The Labute approximate surface area is 104 Å². The van der Waals surface area contributed by atoms with Crippen molar-refractivity contribution in [2.24, 2.45) is 0 Å². The molecule has 17 heavy (non-hydrogen) atoms. The minimum atomic E-state index is 0.109. The predicted molar refractivity (Wildman–Crippen MR) is 72.2 cm³/mol. The summed E-state index contributed by atoms with van der Waals surface area (Å²) in [4.78, 5) is 2.18. The average Bonchev–Trinajstić information content (AvgIpc) is 2.36. The molecule has 1 rings (SSSR count). The van der Waals surface area contributed by atoms with Crippen molar-refractivity contribution in [3.05, 3.63) is 17.8 Å². The predicted octanol–water partition coefficient (Wildman–Crippen LogP) is 2.21. The second-order valence-corrected chi connectivity index (χ2v) is 4.89. The lowest BCUT2D eigenvalue weighted by molar-refractivity contribution is 0.465. The molecule has 1 aromatic heterocycles. The summed E-state index contributed by atoms with van der Waals surface area (Å²) >= 11 is 0. The van der Waals surface area contributed by atoms with E-state index in [0.717, 1.165) is 31.0 Å². The zero-order chi connectivity index (χ0) is 12.9. The summed E-state index contributed by atoms with van der Waals surface area (Å²) in [6.45, 7) is 10.4. The molecule has 0 aliphatic rings. The van der Waals surface area contributed by atoms with Crippen LogP contribution in [0.25, 0.3) is 0 Å². The lowest BCUT2D eigenvalue weighted by atomic mass is 10.0. The van der Waals surface area contributed by atoms with Crippen LogP contribution >= 0.6 is 0 Å². The van der Waals surface area contributed by atoms with Crippen molar-refractivity contribution in [3.63, 3.8) is 0 Å². The zero-order valence-corrected chi connectivity index (χ0v) is 11.6. The first-order chi connectivity index (χ1) is 8.01. The monoisotopic (exact) mass is 236 g/mol. The summed E-state index contributed by atoms with van der Waals surface area (Å²) in [5.41, 5.74) is 1.09. The van der Waals surface area contributed by atoms with E-state index in [1.54, 1.807) is 0 Å². The van der Waals surface area contributed by atoms with Crippen molar-refractivity contribution < 1.29 is 0 Å². The van der Waals surface area contributed by atoms with E-state index >= 15 is 0 Å². The van der Waals surface area contributed by atoms with E-state index in [9.17, 15) is 0 Å². The van der Waals surface area contributed by atoms with Crippen LogP contribution in [-0.2, 0) is 6.54 Å². The Morgan fingerprint density at radius 2 is 1.94 bits per heavy atom. The van der Waals surface area contributed by atoms with Gasteiger partial charge < -0.3 is 10.2 Å². The van der Waals surface area contributed by atoms with Crippen LogP contribution in [0, 0.1) is 0 Å². The first-order valence-corrected chi connectivity index (χ1v) is 6.28. The van der Waals surface area contributed by atoms with Crippen LogP contribution in [0.15, 0.2) is 12.1 Å². The highest BCUT2D eigenvalue weighted by Gasteiger charge is 2.22. The number of nitrogens with zero attached hydrogens (tertiary/aromatic N) is 3. The Morgan fingerprint density at radius 1 is 1.24 bits per heavy atom. The highest BCUT2D eigenvalue weighted by atomic mass is 15.3. The quantitative estimate of drug-likeness (QED) is 0.822. The fraction of sp³-hybridized carbons (Fsp3) is 0.692. The van der Waals surface area contributed by atoms with Gasteiger partial charge >= 0.3 is 0 Å². The van der Waals surface area contributed by atoms with Gasteiger partial charge in [-0.2, -0.15) is 5.10 Å². The summed E-state index contributed by atoms with van der Waals surface area (Å²) in [6.07, 6.45) is 1.07. The standard InChI is InChI=1S/C13H24N4/c1-6-13(3,4)17(5)12-9-8-11(15-16-12)10-14-7-2/h8-9,14H,6-7,10H2,1-5H3. The Balaban J connectivity index is 2.73. The maximum atomic E-state index is 4.28. The van der Waals surface area contributed by atoms with E-state index in [1.165, 1.54) is 0 Å². The third-order valence-electron chi connectivity index (χ3n) is 3.38. The molecule has 0 spiro atoms. The number of aromatic nitrogens is 2. The fourth-order valence-electron chi connectivity index (χ4n) is 1.43. The highest BCUT2D eigenvalue weighted by Crippen LogP contribution is 2.22. The Morgan fingerprint density at radius 3 is 2.41 bits per heavy atom. The van der Waals surface area contributed by atoms with Crippen molar-refractivity contribution in [2.75, 3.05) is 18.5 Å². The van der Waals surface area contributed by atoms with E-state index in [0.29, 0.717) is 0 Å². The minimum Gasteiger partial charge on any atom is -0.353 e. The molecule has 4 nitrogen and oxygen atoms in total. The van der Waals surface area contributed by atoms with Gasteiger partial charge in [-0.3, -0.25) is 0 Å². The Hall–Kier alpha value is -1.16. The lowest BCUT2D eigenvalue weighted by Crippen LogP contribution is -2.41. The molecule has 0 aliphatic heterocycles. The van der Waals surface area contributed by atoms with Crippen LogP contribution in [0.3, 0.4) is 0 Å². The van der Waals surface area contributed by atoms with Crippen LogP contribution in [-0.4, -0.2) is 29.3 Å². The molecule has 0 atom stereocenters. The molecular formula is C13H24N4. The summed E-state index contributed by atoms with van der Waals surface area (Å²) in [7, 11) is 2.07. The summed E-state index contributed by atoms with van der Waals surface area (Å²) < 4.78 is 0. The fourth-order valence-corrected chi connectivity index (χ4v) is 1.43. The normalized spacial score (nSPS) is 11.6. The zero-order valence-electron chi connectivity index (χ0n) is 11.6. The molecule has 0 fully saturated rings. The molecule has 4 heteroatoms. The van der Waals surface area contributed by atoms with Crippen molar-refractivity contribution in [1.82, 2.24) is 15.5 Å². The van der Waals surface area contributed by atoms with Crippen LogP contribution in [0.5, 0.6) is 0 Å². The van der Waals surface area contributed by atoms with Crippen LogP contribution < -0.4 is 10.2 Å². The Kier molecular flexibility index (Phi) is 4.87. The van der Waals surface area contributed by atoms with E-state index in [-0.39, 0.29) is 5.54 Å².